The first-order chi connectivity index (χ1) is 14.0. The van der Waals surface area contributed by atoms with E-state index >= 15 is 0 Å². The quantitative estimate of drug-likeness (QED) is 0.590. The lowest BCUT2D eigenvalue weighted by molar-refractivity contribution is -0.141. The van der Waals surface area contributed by atoms with Crippen molar-refractivity contribution in [3.8, 4) is 0 Å². The second-order valence-electron chi connectivity index (χ2n) is 6.75. The summed E-state index contributed by atoms with van der Waals surface area (Å²) in [6.45, 7) is 4.42. The maximum absolute atomic E-state index is 13.9. The first-order valence-corrected chi connectivity index (χ1v) is 9.24. The van der Waals surface area contributed by atoms with E-state index in [1.54, 1.807) is 36.7 Å². The minimum atomic E-state index is -4.72. The van der Waals surface area contributed by atoms with Crippen molar-refractivity contribution in [3.05, 3.63) is 63.4 Å². The second-order valence-corrected chi connectivity index (χ2v) is 7.12. The normalized spacial score (nSPS) is 11.7. The molecule has 160 valence electrons. The van der Waals surface area contributed by atoms with Crippen LogP contribution in [0.2, 0.25) is 5.02 Å². The van der Waals surface area contributed by atoms with Crippen molar-refractivity contribution in [2.45, 2.75) is 40.0 Å². The zero-order valence-corrected chi connectivity index (χ0v) is 17.1. The van der Waals surface area contributed by atoms with Crippen molar-refractivity contribution in [1.82, 2.24) is 19.6 Å². The molecule has 0 aliphatic heterocycles. The number of aryl methyl sites for hydroxylation is 1. The summed E-state index contributed by atoms with van der Waals surface area (Å²) >= 11 is 5.71. The van der Waals surface area contributed by atoms with Crippen molar-refractivity contribution in [3.63, 3.8) is 0 Å². The van der Waals surface area contributed by atoms with Crippen LogP contribution < -0.4 is 5.32 Å². The van der Waals surface area contributed by atoms with Crippen molar-refractivity contribution < 1.29 is 22.4 Å². The van der Waals surface area contributed by atoms with E-state index in [1.807, 2.05) is 0 Å². The third-order valence-corrected chi connectivity index (χ3v) is 5.07. The summed E-state index contributed by atoms with van der Waals surface area (Å²) in [6, 6.07) is 6.27. The summed E-state index contributed by atoms with van der Waals surface area (Å²) in [5.74, 6) is -0.968. The molecule has 3 rings (SSSR count). The number of nitrogens with zero attached hydrogens (tertiary/aromatic N) is 4. The number of carbonyl (C=O) groups excluding carboxylic acids is 1. The molecule has 3 aromatic rings. The molecule has 1 N–H and O–H groups in total. The molecular formula is C19H18ClF4N5O. The standard InChI is InChI=1S/C19H18ClF4N5O/c1-10-17(12(3)28(26-10)8-13-6-4-5-7-14(13)21)25-15(30)9-29-11(2)16(20)18(27-29)19(22,23)24/h4-7H,8-9H2,1-3H3,(H,25,30). The highest BCUT2D eigenvalue weighted by Gasteiger charge is 2.38. The smallest absolute Gasteiger partial charge is 0.321 e. The van der Waals surface area contributed by atoms with E-state index in [2.05, 4.69) is 15.5 Å². The molecule has 1 aromatic carbocycles. The van der Waals surface area contributed by atoms with E-state index in [4.69, 9.17) is 11.6 Å². The van der Waals surface area contributed by atoms with Gasteiger partial charge in [-0.1, -0.05) is 29.8 Å². The van der Waals surface area contributed by atoms with E-state index in [0.717, 1.165) is 4.68 Å². The highest BCUT2D eigenvalue weighted by atomic mass is 35.5. The highest BCUT2D eigenvalue weighted by molar-refractivity contribution is 6.32. The molecular weight excluding hydrogens is 426 g/mol. The molecule has 2 heterocycles. The third-order valence-electron chi connectivity index (χ3n) is 4.62. The van der Waals surface area contributed by atoms with Crippen molar-refractivity contribution in [2.24, 2.45) is 0 Å². The van der Waals surface area contributed by atoms with Crippen LogP contribution in [0, 0.1) is 26.6 Å². The molecule has 0 aliphatic carbocycles. The van der Waals surface area contributed by atoms with Crippen LogP contribution in [-0.2, 0) is 24.1 Å². The summed E-state index contributed by atoms with van der Waals surface area (Å²) in [5.41, 5.74) is 0.701. The number of anilines is 1. The Morgan fingerprint density at radius 1 is 1.10 bits per heavy atom. The number of hydrogen-bond acceptors (Lipinski definition) is 3. The van der Waals surface area contributed by atoms with E-state index in [1.165, 1.54) is 13.0 Å². The first kappa shape index (κ1) is 21.8. The van der Waals surface area contributed by atoms with Gasteiger partial charge < -0.3 is 5.32 Å². The summed E-state index contributed by atoms with van der Waals surface area (Å²) in [4.78, 5) is 12.4. The topological polar surface area (TPSA) is 64.7 Å². The van der Waals surface area contributed by atoms with Crippen LogP contribution >= 0.6 is 11.6 Å². The predicted molar refractivity (Wildman–Crippen MR) is 103 cm³/mol. The Balaban J connectivity index is 1.78. The van der Waals surface area contributed by atoms with Crippen LogP contribution in [0.25, 0.3) is 0 Å². The molecule has 1 amide bonds. The molecule has 0 saturated heterocycles. The van der Waals surface area contributed by atoms with Crippen LogP contribution in [-0.4, -0.2) is 25.5 Å². The molecule has 11 heteroatoms. The van der Waals surface area contributed by atoms with Crippen LogP contribution in [0.5, 0.6) is 0 Å². The number of benzene rings is 1. The van der Waals surface area contributed by atoms with Crippen LogP contribution in [0.15, 0.2) is 24.3 Å². The molecule has 2 aromatic heterocycles. The molecule has 0 saturated carbocycles. The average molecular weight is 444 g/mol. The monoisotopic (exact) mass is 443 g/mol. The second kappa shape index (κ2) is 8.10. The zero-order valence-electron chi connectivity index (χ0n) is 16.3. The van der Waals surface area contributed by atoms with Crippen molar-refractivity contribution >= 4 is 23.2 Å². The molecule has 6 nitrogen and oxygen atoms in total. The van der Waals surface area contributed by atoms with E-state index < -0.39 is 29.3 Å². The number of carbonyl (C=O) groups is 1. The van der Waals surface area contributed by atoms with Gasteiger partial charge in [0, 0.05) is 5.56 Å². The Morgan fingerprint density at radius 3 is 2.37 bits per heavy atom. The number of aromatic nitrogens is 4. The van der Waals surface area contributed by atoms with Gasteiger partial charge in [-0.05, 0) is 26.8 Å². The largest absolute Gasteiger partial charge is 0.436 e. The Morgan fingerprint density at radius 2 is 1.77 bits per heavy atom. The van der Waals surface area contributed by atoms with Gasteiger partial charge >= 0.3 is 6.18 Å². The fourth-order valence-electron chi connectivity index (χ4n) is 2.99. The third kappa shape index (κ3) is 4.33. The lowest BCUT2D eigenvalue weighted by Crippen LogP contribution is -2.21. The van der Waals surface area contributed by atoms with Crippen molar-refractivity contribution in [1.29, 1.82) is 0 Å². The van der Waals surface area contributed by atoms with Gasteiger partial charge in [-0.2, -0.15) is 23.4 Å². The Bertz CT molecular complexity index is 1100. The minimum absolute atomic E-state index is 0.0304. The molecule has 0 aliphatic rings. The van der Waals surface area contributed by atoms with Gasteiger partial charge in [0.1, 0.15) is 12.4 Å². The Labute approximate surface area is 174 Å². The molecule has 0 atom stereocenters. The maximum Gasteiger partial charge on any atom is 0.436 e. The summed E-state index contributed by atoms with van der Waals surface area (Å²) in [6.07, 6.45) is -4.72. The van der Waals surface area contributed by atoms with Gasteiger partial charge in [0.15, 0.2) is 5.69 Å². The Kier molecular flexibility index (Phi) is 5.89. The zero-order chi connectivity index (χ0) is 22.2. The summed E-state index contributed by atoms with van der Waals surface area (Å²) in [7, 11) is 0. The lowest BCUT2D eigenvalue weighted by atomic mass is 10.2. The fraction of sp³-hybridized carbons (Fsp3) is 0.316. The molecule has 0 bridgehead atoms. The van der Waals surface area contributed by atoms with Crippen LogP contribution in [0.3, 0.4) is 0 Å². The van der Waals surface area contributed by atoms with Crippen molar-refractivity contribution in [2.75, 3.05) is 5.32 Å². The number of halogens is 5. The van der Waals surface area contributed by atoms with E-state index in [-0.39, 0.29) is 18.1 Å². The van der Waals surface area contributed by atoms with E-state index in [0.29, 0.717) is 22.6 Å². The number of amides is 1. The Hall–Kier alpha value is -2.88. The average Bonchev–Trinajstić information content (AvgIpc) is 3.08. The number of nitrogens with one attached hydrogen (secondary N) is 1. The SMILES string of the molecule is Cc1nn(Cc2ccccc2F)c(C)c1NC(=O)Cn1nc(C(F)(F)F)c(Cl)c1C. The lowest BCUT2D eigenvalue weighted by Gasteiger charge is -2.09. The van der Waals surface area contributed by atoms with Gasteiger partial charge in [-0.25, -0.2) is 4.39 Å². The van der Waals surface area contributed by atoms with Gasteiger partial charge in [0.05, 0.1) is 34.3 Å². The van der Waals surface area contributed by atoms with Gasteiger partial charge in [0.25, 0.3) is 0 Å². The summed E-state index contributed by atoms with van der Waals surface area (Å²) in [5, 5.41) is 9.83. The van der Waals surface area contributed by atoms with Crippen LogP contribution in [0.4, 0.5) is 23.2 Å². The van der Waals surface area contributed by atoms with Crippen LogP contribution in [0.1, 0.15) is 28.3 Å². The van der Waals surface area contributed by atoms with Gasteiger partial charge in [-0.15, -0.1) is 0 Å². The molecule has 0 fully saturated rings. The van der Waals surface area contributed by atoms with E-state index in [9.17, 15) is 22.4 Å². The molecule has 0 radical (unpaired) electrons. The molecule has 0 unspecified atom stereocenters. The molecule has 0 spiro atoms. The van der Waals surface area contributed by atoms with Gasteiger partial charge in [0.2, 0.25) is 5.91 Å². The number of hydrogen-bond donors (Lipinski definition) is 1. The minimum Gasteiger partial charge on any atom is -0.321 e. The number of alkyl halides is 3. The highest BCUT2D eigenvalue weighted by Crippen LogP contribution is 2.35. The molecule has 30 heavy (non-hydrogen) atoms. The maximum atomic E-state index is 13.9. The number of rotatable bonds is 5. The fourth-order valence-corrected chi connectivity index (χ4v) is 3.24. The summed E-state index contributed by atoms with van der Waals surface area (Å²) < 4.78 is 55.2. The first-order valence-electron chi connectivity index (χ1n) is 8.86. The van der Waals surface area contributed by atoms with Gasteiger partial charge in [-0.3, -0.25) is 14.2 Å². The predicted octanol–water partition coefficient (Wildman–Crippen LogP) is 4.50.